The fourth-order valence-corrected chi connectivity index (χ4v) is 3.14. The quantitative estimate of drug-likeness (QED) is 0.601. The number of nitrogens with one attached hydrogen (secondary N) is 1. The maximum Gasteiger partial charge on any atom is 0.272 e. The SMILES string of the molecule is Cc1cc(C(=O)NC(C)c2ccc(OCC(F)F)cc2Cl)cc(CC(=O)C(C)C)n1. The zero-order valence-corrected chi connectivity index (χ0v) is 18.1. The number of ether oxygens (including phenoxy) is 1. The number of benzene rings is 1. The highest BCUT2D eigenvalue weighted by Gasteiger charge is 2.17. The summed E-state index contributed by atoms with van der Waals surface area (Å²) in [6.07, 6.45) is -2.41. The number of hydrogen-bond donors (Lipinski definition) is 1. The van der Waals surface area contributed by atoms with Crippen molar-refractivity contribution in [3.8, 4) is 5.75 Å². The molecule has 0 fully saturated rings. The minimum atomic E-state index is -2.58. The number of alkyl halides is 2. The lowest BCUT2D eigenvalue weighted by Gasteiger charge is -2.17. The number of amides is 1. The molecule has 8 heteroatoms. The molecule has 1 aromatic heterocycles. The highest BCUT2D eigenvalue weighted by Crippen LogP contribution is 2.28. The van der Waals surface area contributed by atoms with Crippen LogP contribution < -0.4 is 10.1 Å². The van der Waals surface area contributed by atoms with Crippen LogP contribution in [0, 0.1) is 12.8 Å². The van der Waals surface area contributed by atoms with E-state index in [0.717, 1.165) is 0 Å². The van der Waals surface area contributed by atoms with Crippen LogP contribution in [0.1, 0.15) is 54.1 Å². The Hall–Kier alpha value is -2.54. The summed E-state index contributed by atoms with van der Waals surface area (Å²) < 4.78 is 29.5. The third-order valence-corrected chi connectivity index (χ3v) is 4.76. The molecule has 0 aliphatic rings. The molecule has 1 aromatic carbocycles. The summed E-state index contributed by atoms with van der Waals surface area (Å²) in [5.41, 5.74) is 2.20. The Morgan fingerprint density at radius 1 is 1.17 bits per heavy atom. The van der Waals surface area contributed by atoms with Crippen LogP contribution in [-0.2, 0) is 11.2 Å². The largest absolute Gasteiger partial charge is 0.488 e. The minimum Gasteiger partial charge on any atom is -0.488 e. The molecule has 0 radical (unpaired) electrons. The second-order valence-corrected chi connectivity index (χ2v) is 7.77. The van der Waals surface area contributed by atoms with Crippen molar-refractivity contribution in [3.63, 3.8) is 0 Å². The summed E-state index contributed by atoms with van der Waals surface area (Å²) in [5, 5.41) is 3.15. The molecule has 0 spiro atoms. The molecule has 1 atom stereocenters. The van der Waals surface area contributed by atoms with Crippen LogP contribution in [0.5, 0.6) is 5.75 Å². The maximum absolute atomic E-state index is 12.7. The average Bonchev–Trinajstić information content (AvgIpc) is 2.65. The topological polar surface area (TPSA) is 68.3 Å². The van der Waals surface area contributed by atoms with Crippen LogP contribution >= 0.6 is 11.6 Å². The van der Waals surface area contributed by atoms with Crippen LogP contribution in [-0.4, -0.2) is 29.7 Å². The number of nitrogens with zero attached hydrogens (tertiary/aromatic N) is 1. The Kier molecular flexibility index (Phi) is 8.29. The number of carbonyl (C=O) groups is 2. The monoisotopic (exact) mass is 438 g/mol. The number of Topliss-reactive ketones (excluding diaryl/α,β-unsaturated/α-hetero) is 1. The van der Waals surface area contributed by atoms with Gasteiger partial charge < -0.3 is 10.1 Å². The van der Waals surface area contributed by atoms with E-state index in [4.69, 9.17) is 16.3 Å². The summed E-state index contributed by atoms with van der Waals surface area (Å²) in [4.78, 5) is 29.1. The van der Waals surface area contributed by atoms with Gasteiger partial charge in [-0.05, 0) is 43.7 Å². The van der Waals surface area contributed by atoms with Gasteiger partial charge in [0.05, 0.1) is 6.04 Å². The van der Waals surface area contributed by atoms with E-state index < -0.39 is 19.1 Å². The van der Waals surface area contributed by atoms with Gasteiger partial charge in [-0.15, -0.1) is 0 Å². The van der Waals surface area contributed by atoms with Crippen LogP contribution in [0.15, 0.2) is 30.3 Å². The van der Waals surface area contributed by atoms with E-state index in [1.807, 2.05) is 13.8 Å². The summed E-state index contributed by atoms with van der Waals surface area (Å²) in [6.45, 7) is 6.45. The third kappa shape index (κ3) is 6.76. The van der Waals surface area contributed by atoms with E-state index in [2.05, 4.69) is 10.3 Å². The molecule has 2 aromatic rings. The van der Waals surface area contributed by atoms with Crippen molar-refractivity contribution in [2.75, 3.05) is 6.61 Å². The molecule has 1 heterocycles. The Bertz CT molecular complexity index is 919. The van der Waals surface area contributed by atoms with Crippen LogP contribution in [0.4, 0.5) is 8.78 Å². The van der Waals surface area contributed by atoms with Crippen molar-refractivity contribution in [1.82, 2.24) is 10.3 Å². The van der Waals surface area contributed by atoms with Crippen LogP contribution in [0.25, 0.3) is 0 Å². The Morgan fingerprint density at radius 2 is 1.87 bits per heavy atom. The highest BCUT2D eigenvalue weighted by atomic mass is 35.5. The fourth-order valence-electron chi connectivity index (χ4n) is 2.81. The molecule has 1 unspecified atom stereocenters. The first kappa shape index (κ1) is 23.7. The molecule has 0 saturated carbocycles. The first-order chi connectivity index (χ1) is 14.1. The number of halogens is 3. The van der Waals surface area contributed by atoms with Gasteiger partial charge in [-0.2, -0.15) is 0 Å². The van der Waals surface area contributed by atoms with E-state index >= 15 is 0 Å². The maximum atomic E-state index is 12.7. The Labute approximate surface area is 179 Å². The molecular formula is C22H25ClF2N2O3. The molecule has 0 aliphatic carbocycles. The van der Waals surface area contributed by atoms with Gasteiger partial charge in [-0.25, -0.2) is 8.78 Å². The van der Waals surface area contributed by atoms with Crippen molar-refractivity contribution in [2.24, 2.45) is 5.92 Å². The third-order valence-electron chi connectivity index (χ3n) is 4.43. The molecule has 162 valence electrons. The number of ketones is 1. The van der Waals surface area contributed by atoms with E-state index in [1.54, 1.807) is 32.0 Å². The number of aromatic nitrogens is 1. The van der Waals surface area contributed by atoms with Crippen LogP contribution in [0.2, 0.25) is 5.02 Å². The van der Waals surface area contributed by atoms with E-state index in [1.165, 1.54) is 12.1 Å². The summed E-state index contributed by atoms with van der Waals surface area (Å²) >= 11 is 6.24. The minimum absolute atomic E-state index is 0.0498. The van der Waals surface area contributed by atoms with Gasteiger partial charge in [-0.1, -0.05) is 31.5 Å². The van der Waals surface area contributed by atoms with Gasteiger partial charge >= 0.3 is 0 Å². The van der Waals surface area contributed by atoms with Gasteiger partial charge in [0.15, 0.2) is 0 Å². The first-order valence-corrected chi connectivity index (χ1v) is 9.96. The summed E-state index contributed by atoms with van der Waals surface area (Å²) in [6, 6.07) is 7.40. The molecule has 1 N–H and O–H groups in total. The van der Waals surface area contributed by atoms with Crippen molar-refractivity contribution in [2.45, 2.75) is 46.6 Å². The average molecular weight is 439 g/mol. The number of pyridine rings is 1. The van der Waals surface area contributed by atoms with Gasteiger partial charge in [-0.3, -0.25) is 14.6 Å². The number of rotatable bonds is 9. The van der Waals surface area contributed by atoms with Crippen LogP contribution in [0.3, 0.4) is 0 Å². The number of aryl methyl sites for hydroxylation is 1. The van der Waals surface area contributed by atoms with Gasteiger partial charge in [0, 0.05) is 34.3 Å². The predicted molar refractivity (Wildman–Crippen MR) is 111 cm³/mol. The first-order valence-electron chi connectivity index (χ1n) is 9.58. The molecule has 0 bridgehead atoms. The number of carbonyl (C=O) groups excluding carboxylic acids is 2. The van der Waals surface area contributed by atoms with E-state index in [9.17, 15) is 18.4 Å². The van der Waals surface area contributed by atoms with Crippen molar-refractivity contribution >= 4 is 23.3 Å². The molecule has 5 nitrogen and oxygen atoms in total. The predicted octanol–water partition coefficient (Wildman–Crippen LogP) is 4.95. The Morgan fingerprint density at radius 3 is 2.47 bits per heavy atom. The standard InChI is InChI=1S/C22H25ClF2N2O3/c1-12(2)20(28)9-16-8-15(7-13(3)26-16)22(29)27-14(4)18-6-5-17(10-19(18)23)30-11-21(24)25/h5-8,10,12,14,21H,9,11H2,1-4H3,(H,27,29). The fraction of sp³-hybridized carbons (Fsp3) is 0.409. The molecule has 0 saturated heterocycles. The smallest absolute Gasteiger partial charge is 0.272 e. The second-order valence-electron chi connectivity index (χ2n) is 7.37. The van der Waals surface area contributed by atoms with E-state index in [-0.39, 0.29) is 29.8 Å². The molecule has 2 rings (SSSR count). The molecule has 1 amide bonds. The van der Waals surface area contributed by atoms with Gasteiger partial charge in [0.1, 0.15) is 18.1 Å². The van der Waals surface area contributed by atoms with Gasteiger partial charge in [0.2, 0.25) is 0 Å². The van der Waals surface area contributed by atoms with Crippen molar-refractivity contribution < 1.29 is 23.1 Å². The lowest BCUT2D eigenvalue weighted by atomic mass is 10.0. The number of hydrogen-bond acceptors (Lipinski definition) is 4. The lowest BCUT2D eigenvalue weighted by Crippen LogP contribution is -2.27. The molecule has 30 heavy (non-hydrogen) atoms. The zero-order chi connectivity index (χ0) is 22.4. The molecular weight excluding hydrogens is 414 g/mol. The zero-order valence-electron chi connectivity index (χ0n) is 17.3. The van der Waals surface area contributed by atoms with Gasteiger partial charge in [0.25, 0.3) is 12.3 Å². The summed E-state index contributed by atoms with van der Waals surface area (Å²) in [7, 11) is 0. The van der Waals surface area contributed by atoms with E-state index in [0.29, 0.717) is 27.5 Å². The Balaban J connectivity index is 2.12. The normalized spacial score (nSPS) is 12.2. The second kappa shape index (κ2) is 10.5. The molecule has 0 aliphatic heterocycles. The van der Waals surface area contributed by atoms with Crippen molar-refractivity contribution in [3.05, 3.63) is 57.9 Å². The highest BCUT2D eigenvalue weighted by molar-refractivity contribution is 6.31. The lowest BCUT2D eigenvalue weighted by molar-refractivity contribution is -0.121. The van der Waals surface area contributed by atoms with Crippen molar-refractivity contribution in [1.29, 1.82) is 0 Å². The summed E-state index contributed by atoms with van der Waals surface area (Å²) in [5.74, 6) is -0.166.